The van der Waals surface area contributed by atoms with Crippen molar-refractivity contribution in [2.45, 2.75) is 6.42 Å². The summed E-state index contributed by atoms with van der Waals surface area (Å²) in [7, 11) is 0. The van der Waals surface area contributed by atoms with E-state index in [1.807, 2.05) is 35.7 Å². The number of rotatable bonds is 3. The first-order valence-corrected chi connectivity index (χ1v) is 7.56. The van der Waals surface area contributed by atoms with Crippen LogP contribution in [0.25, 0.3) is 11.3 Å². The highest BCUT2D eigenvalue weighted by Crippen LogP contribution is 2.31. The lowest BCUT2D eigenvalue weighted by Crippen LogP contribution is -2.24. The number of alkyl halides is 1. The van der Waals surface area contributed by atoms with Crippen LogP contribution < -0.4 is 4.90 Å². The van der Waals surface area contributed by atoms with E-state index in [1.165, 1.54) is 11.3 Å². The van der Waals surface area contributed by atoms with Crippen LogP contribution in [0.3, 0.4) is 0 Å². The summed E-state index contributed by atoms with van der Waals surface area (Å²) >= 11 is 7.34. The number of benzene rings is 1. The van der Waals surface area contributed by atoms with Gasteiger partial charge in [-0.05, 0) is 5.92 Å². The molecule has 5 heteroatoms. The molecule has 1 aromatic carbocycles. The van der Waals surface area contributed by atoms with Crippen molar-refractivity contribution in [1.29, 1.82) is 0 Å². The summed E-state index contributed by atoms with van der Waals surface area (Å²) in [6.07, 6.45) is 0.531. The van der Waals surface area contributed by atoms with Gasteiger partial charge in [0.05, 0.1) is 5.69 Å². The molecule has 0 saturated carbocycles. The van der Waals surface area contributed by atoms with E-state index in [4.69, 9.17) is 11.6 Å². The number of amides is 1. The van der Waals surface area contributed by atoms with Crippen LogP contribution in [0, 0.1) is 5.92 Å². The lowest BCUT2D eigenvalue weighted by atomic mass is 10.2. The maximum atomic E-state index is 11.9. The minimum atomic E-state index is 0.125. The molecule has 19 heavy (non-hydrogen) atoms. The molecule has 1 saturated heterocycles. The standard InChI is InChI=1S/C14H13ClN2OS/c15-7-10-6-13(18)17(8-10)14-16-12(9-19-14)11-4-2-1-3-5-11/h1-5,9-10H,6-8H2. The zero-order valence-corrected chi connectivity index (χ0v) is 11.8. The minimum Gasteiger partial charge on any atom is -0.288 e. The molecule has 0 aliphatic carbocycles. The fraction of sp³-hybridized carbons (Fsp3) is 0.286. The fourth-order valence-electron chi connectivity index (χ4n) is 2.20. The number of aromatic nitrogens is 1. The summed E-state index contributed by atoms with van der Waals surface area (Å²) in [6, 6.07) is 9.99. The zero-order chi connectivity index (χ0) is 13.2. The summed E-state index contributed by atoms with van der Waals surface area (Å²) in [6.45, 7) is 0.685. The Hall–Kier alpha value is -1.39. The Labute approximate surface area is 120 Å². The van der Waals surface area contributed by atoms with Gasteiger partial charge in [0.1, 0.15) is 0 Å². The van der Waals surface area contributed by atoms with Crippen molar-refractivity contribution in [1.82, 2.24) is 4.98 Å². The summed E-state index contributed by atoms with van der Waals surface area (Å²) in [5.74, 6) is 0.900. The van der Waals surface area contributed by atoms with E-state index in [9.17, 15) is 4.79 Å². The van der Waals surface area contributed by atoms with Gasteiger partial charge in [0, 0.05) is 29.8 Å². The number of hydrogen-bond acceptors (Lipinski definition) is 3. The molecular formula is C14H13ClN2OS. The van der Waals surface area contributed by atoms with Gasteiger partial charge in [-0.15, -0.1) is 22.9 Å². The Morgan fingerprint density at radius 1 is 1.37 bits per heavy atom. The third-order valence-electron chi connectivity index (χ3n) is 3.22. The Morgan fingerprint density at radius 3 is 2.84 bits per heavy atom. The molecule has 0 N–H and O–H groups in total. The Balaban J connectivity index is 1.84. The summed E-state index contributed by atoms with van der Waals surface area (Å²) in [5, 5.41) is 2.77. The summed E-state index contributed by atoms with van der Waals surface area (Å²) in [5.41, 5.74) is 1.99. The molecule has 1 unspecified atom stereocenters. The summed E-state index contributed by atoms with van der Waals surface area (Å²) in [4.78, 5) is 18.2. The van der Waals surface area contributed by atoms with E-state index >= 15 is 0 Å². The van der Waals surface area contributed by atoms with Gasteiger partial charge in [-0.1, -0.05) is 30.3 Å². The fourth-order valence-corrected chi connectivity index (χ4v) is 3.27. The van der Waals surface area contributed by atoms with E-state index in [2.05, 4.69) is 4.98 Å². The average Bonchev–Trinajstić information content (AvgIpc) is 3.06. The van der Waals surface area contributed by atoms with E-state index in [0.29, 0.717) is 18.8 Å². The van der Waals surface area contributed by atoms with E-state index in [0.717, 1.165) is 16.4 Å². The van der Waals surface area contributed by atoms with E-state index in [1.54, 1.807) is 4.90 Å². The van der Waals surface area contributed by atoms with E-state index in [-0.39, 0.29) is 11.8 Å². The normalized spacial score (nSPS) is 19.1. The number of anilines is 1. The Kier molecular flexibility index (Phi) is 3.53. The van der Waals surface area contributed by atoms with Crippen molar-refractivity contribution in [3.8, 4) is 11.3 Å². The van der Waals surface area contributed by atoms with Crippen LogP contribution in [0.15, 0.2) is 35.7 Å². The second kappa shape index (κ2) is 5.31. The number of carbonyl (C=O) groups is 1. The highest BCUT2D eigenvalue weighted by molar-refractivity contribution is 7.14. The first-order chi connectivity index (χ1) is 9.28. The molecule has 1 aromatic heterocycles. The highest BCUT2D eigenvalue weighted by atomic mass is 35.5. The van der Waals surface area contributed by atoms with Crippen molar-refractivity contribution < 1.29 is 4.79 Å². The monoisotopic (exact) mass is 292 g/mol. The molecule has 0 bridgehead atoms. The molecule has 1 atom stereocenters. The largest absolute Gasteiger partial charge is 0.288 e. The van der Waals surface area contributed by atoms with Gasteiger partial charge in [-0.25, -0.2) is 4.98 Å². The number of carbonyl (C=O) groups excluding carboxylic acids is 1. The number of thiazole rings is 1. The third kappa shape index (κ3) is 2.51. The van der Waals surface area contributed by atoms with Crippen LogP contribution in [-0.2, 0) is 4.79 Å². The molecule has 1 fully saturated rings. The smallest absolute Gasteiger partial charge is 0.229 e. The van der Waals surface area contributed by atoms with Crippen molar-refractivity contribution in [3.05, 3.63) is 35.7 Å². The molecule has 0 radical (unpaired) electrons. The van der Waals surface area contributed by atoms with Gasteiger partial charge >= 0.3 is 0 Å². The Bertz CT molecular complexity index is 584. The van der Waals surface area contributed by atoms with Gasteiger partial charge in [0.2, 0.25) is 5.91 Å². The maximum absolute atomic E-state index is 11.9. The minimum absolute atomic E-state index is 0.125. The van der Waals surface area contributed by atoms with Crippen molar-refractivity contribution in [2.24, 2.45) is 5.92 Å². The van der Waals surface area contributed by atoms with Gasteiger partial charge in [-0.2, -0.15) is 0 Å². The maximum Gasteiger partial charge on any atom is 0.229 e. The average molecular weight is 293 g/mol. The molecule has 3 rings (SSSR count). The van der Waals surface area contributed by atoms with Crippen LogP contribution in [0.5, 0.6) is 0 Å². The first-order valence-electron chi connectivity index (χ1n) is 6.15. The third-order valence-corrected chi connectivity index (χ3v) is 4.52. The Morgan fingerprint density at radius 2 is 2.16 bits per heavy atom. The second-order valence-corrected chi connectivity index (χ2v) is 5.76. The molecule has 1 aliphatic rings. The lowest BCUT2D eigenvalue weighted by Gasteiger charge is -2.11. The number of hydrogen-bond donors (Lipinski definition) is 0. The van der Waals surface area contributed by atoms with E-state index < -0.39 is 0 Å². The van der Waals surface area contributed by atoms with Crippen LogP contribution in [-0.4, -0.2) is 23.3 Å². The zero-order valence-electron chi connectivity index (χ0n) is 10.3. The lowest BCUT2D eigenvalue weighted by molar-refractivity contribution is -0.117. The SMILES string of the molecule is O=C1CC(CCl)CN1c1nc(-c2ccccc2)cs1. The van der Waals surface area contributed by atoms with Crippen LogP contribution >= 0.6 is 22.9 Å². The molecule has 1 aliphatic heterocycles. The van der Waals surface area contributed by atoms with Crippen molar-refractivity contribution in [2.75, 3.05) is 17.3 Å². The predicted molar refractivity (Wildman–Crippen MR) is 78.7 cm³/mol. The van der Waals surface area contributed by atoms with Crippen LogP contribution in [0.4, 0.5) is 5.13 Å². The molecule has 2 aromatic rings. The molecule has 3 nitrogen and oxygen atoms in total. The number of nitrogens with zero attached hydrogens (tertiary/aromatic N) is 2. The summed E-state index contributed by atoms with van der Waals surface area (Å²) < 4.78 is 0. The number of halogens is 1. The van der Waals surface area contributed by atoms with Gasteiger partial charge in [0.25, 0.3) is 0 Å². The molecule has 2 heterocycles. The predicted octanol–water partition coefficient (Wildman–Crippen LogP) is 3.40. The quantitative estimate of drug-likeness (QED) is 0.812. The van der Waals surface area contributed by atoms with Gasteiger partial charge in [0.15, 0.2) is 5.13 Å². The highest BCUT2D eigenvalue weighted by Gasteiger charge is 2.31. The molecule has 1 amide bonds. The second-order valence-electron chi connectivity index (χ2n) is 4.61. The van der Waals surface area contributed by atoms with Crippen LogP contribution in [0.1, 0.15) is 6.42 Å². The molecular weight excluding hydrogens is 280 g/mol. The molecule has 0 spiro atoms. The van der Waals surface area contributed by atoms with Crippen molar-refractivity contribution in [3.63, 3.8) is 0 Å². The topological polar surface area (TPSA) is 33.2 Å². The van der Waals surface area contributed by atoms with Crippen molar-refractivity contribution >= 4 is 34.0 Å². The first kappa shape index (κ1) is 12.6. The van der Waals surface area contributed by atoms with Gasteiger partial charge in [-0.3, -0.25) is 9.69 Å². The van der Waals surface area contributed by atoms with Gasteiger partial charge < -0.3 is 0 Å². The molecule has 98 valence electrons. The van der Waals surface area contributed by atoms with Crippen LogP contribution in [0.2, 0.25) is 0 Å².